The highest BCUT2D eigenvalue weighted by Crippen LogP contribution is 2.36. The van der Waals surface area contributed by atoms with Crippen molar-refractivity contribution in [3.8, 4) is 0 Å². The molecule has 1 N–H and O–H groups in total. The minimum atomic E-state index is -0.133. The SMILES string of the molecule is O=C(NC[C@H]1CCC2(CN(Cc3ccccc3F)C2)OC1)N1CCCC1. The van der Waals surface area contributed by atoms with E-state index in [1.807, 2.05) is 17.0 Å². The molecule has 1 aromatic carbocycles. The van der Waals surface area contributed by atoms with Gasteiger partial charge in [0.05, 0.1) is 12.2 Å². The molecule has 6 heteroatoms. The van der Waals surface area contributed by atoms with Gasteiger partial charge in [-0.25, -0.2) is 9.18 Å². The predicted octanol–water partition coefficient (Wildman–Crippen LogP) is 2.61. The normalized spacial score (nSPS) is 25.3. The summed E-state index contributed by atoms with van der Waals surface area (Å²) in [4.78, 5) is 16.2. The van der Waals surface area contributed by atoms with Crippen LogP contribution in [0.25, 0.3) is 0 Å². The minimum absolute atomic E-state index is 0.0548. The van der Waals surface area contributed by atoms with Crippen molar-refractivity contribution in [3.63, 3.8) is 0 Å². The van der Waals surface area contributed by atoms with Crippen molar-refractivity contribution < 1.29 is 13.9 Å². The van der Waals surface area contributed by atoms with E-state index in [1.165, 1.54) is 6.07 Å². The molecule has 3 heterocycles. The number of rotatable bonds is 4. The monoisotopic (exact) mass is 361 g/mol. The first kappa shape index (κ1) is 17.7. The Morgan fingerprint density at radius 2 is 2.04 bits per heavy atom. The molecule has 1 atom stereocenters. The molecule has 2 amide bonds. The first-order valence-corrected chi connectivity index (χ1v) is 9.76. The maximum absolute atomic E-state index is 13.8. The maximum atomic E-state index is 13.8. The fourth-order valence-corrected chi connectivity index (χ4v) is 4.34. The molecule has 3 saturated heterocycles. The van der Waals surface area contributed by atoms with Crippen molar-refractivity contribution in [1.82, 2.24) is 15.1 Å². The van der Waals surface area contributed by atoms with E-state index in [4.69, 9.17) is 4.74 Å². The van der Waals surface area contributed by atoms with Gasteiger partial charge in [0.15, 0.2) is 0 Å². The summed E-state index contributed by atoms with van der Waals surface area (Å²) in [5.41, 5.74) is 0.696. The molecule has 0 unspecified atom stereocenters. The van der Waals surface area contributed by atoms with E-state index in [0.717, 1.165) is 57.4 Å². The zero-order chi connectivity index (χ0) is 18.0. The van der Waals surface area contributed by atoms with E-state index in [2.05, 4.69) is 10.2 Å². The number of urea groups is 1. The number of halogens is 1. The fourth-order valence-electron chi connectivity index (χ4n) is 4.34. The number of likely N-dealkylation sites (tertiary alicyclic amines) is 2. The van der Waals surface area contributed by atoms with Crippen molar-refractivity contribution in [3.05, 3.63) is 35.6 Å². The number of nitrogens with zero attached hydrogens (tertiary/aromatic N) is 2. The summed E-state index contributed by atoms with van der Waals surface area (Å²) in [6, 6.07) is 7.04. The molecule has 5 nitrogen and oxygen atoms in total. The van der Waals surface area contributed by atoms with Crippen LogP contribution in [-0.2, 0) is 11.3 Å². The molecule has 0 aromatic heterocycles. The Morgan fingerprint density at radius 3 is 2.73 bits per heavy atom. The van der Waals surface area contributed by atoms with Gasteiger partial charge in [0.25, 0.3) is 0 Å². The standard InChI is InChI=1S/C20H28FN3O2/c21-18-6-2-1-5-17(18)12-23-14-20(15-23)8-7-16(13-26-20)11-22-19(25)24-9-3-4-10-24/h1-2,5-6,16H,3-4,7-15H2,(H,22,25)/t16-/m1/s1. The van der Waals surface area contributed by atoms with Crippen LogP contribution in [0.2, 0.25) is 0 Å². The summed E-state index contributed by atoms with van der Waals surface area (Å²) in [5, 5.41) is 3.06. The molecule has 0 radical (unpaired) electrons. The molecular weight excluding hydrogens is 333 g/mol. The Balaban J connectivity index is 1.17. The lowest BCUT2D eigenvalue weighted by molar-refractivity contribution is -0.181. The van der Waals surface area contributed by atoms with E-state index in [9.17, 15) is 9.18 Å². The molecule has 3 aliphatic heterocycles. The number of hydrogen-bond donors (Lipinski definition) is 1. The van der Waals surface area contributed by atoms with Gasteiger partial charge in [-0.3, -0.25) is 4.90 Å². The van der Waals surface area contributed by atoms with E-state index >= 15 is 0 Å². The van der Waals surface area contributed by atoms with E-state index in [-0.39, 0.29) is 17.4 Å². The van der Waals surface area contributed by atoms with Gasteiger partial charge in [0, 0.05) is 44.8 Å². The Labute approximate surface area is 154 Å². The first-order chi connectivity index (χ1) is 12.6. The molecule has 1 spiro atoms. The zero-order valence-electron chi connectivity index (χ0n) is 15.3. The van der Waals surface area contributed by atoms with Crippen LogP contribution >= 0.6 is 0 Å². The average Bonchev–Trinajstić information content (AvgIpc) is 3.16. The summed E-state index contributed by atoms with van der Waals surface area (Å²) < 4.78 is 19.9. The third-order valence-corrected chi connectivity index (χ3v) is 5.94. The van der Waals surface area contributed by atoms with Gasteiger partial charge in [-0.05, 0) is 37.7 Å². The second-order valence-corrected chi connectivity index (χ2v) is 8.02. The van der Waals surface area contributed by atoms with Crippen LogP contribution < -0.4 is 5.32 Å². The predicted molar refractivity (Wildman–Crippen MR) is 97.3 cm³/mol. The molecule has 4 rings (SSSR count). The molecule has 3 fully saturated rings. The molecule has 142 valence electrons. The number of nitrogens with one attached hydrogen (secondary N) is 1. The third-order valence-electron chi connectivity index (χ3n) is 5.94. The maximum Gasteiger partial charge on any atom is 0.317 e. The third kappa shape index (κ3) is 3.86. The van der Waals surface area contributed by atoms with Gasteiger partial charge in [-0.2, -0.15) is 0 Å². The quantitative estimate of drug-likeness (QED) is 0.897. The van der Waals surface area contributed by atoms with Gasteiger partial charge < -0.3 is 15.0 Å². The molecule has 0 aliphatic carbocycles. The van der Waals surface area contributed by atoms with Crippen molar-refractivity contribution in [2.75, 3.05) is 39.3 Å². The smallest absolute Gasteiger partial charge is 0.317 e. The van der Waals surface area contributed by atoms with E-state index in [1.54, 1.807) is 6.07 Å². The van der Waals surface area contributed by atoms with Crippen LogP contribution in [0.4, 0.5) is 9.18 Å². The minimum Gasteiger partial charge on any atom is -0.372 e. The average molecular weight is 361 g/mol. The topological polar surface area (TPSA) is 44.8 Å². The first-order valence-electron chi connectivity index (χ1n) is 9.76. The Morgan fingerprint density at radius 1 is 1.27 bits per heavy atom. The van der Waals surface area contributed by atoms with Crippen LogP contribution in [0.5, 0.6) is 0 Å². The number of benzene rings is 1. The largest absolute Gasteiger partial charge is 0.372 e. The number of ether oxygens (including phenoxy) is 1. The van der Waals surface area contributed by atoms with Gasteiger partial charge in [-0.15, -0.1) is 0 Å². The Hall–Kier alpha value is -1.66. The summed E-state index contributed by atoms with van der Waals surface area (Å²) in [6.45, 7) is 5.55. The van der Waals surface area contributed by atoms with Crippen molar-refractivity contribution in [2.24, 2.45) is 5.92 Å². The van der Waals surface area contributed by atoms with E-state index in [0.29, 0.717) is 25.6 Å². The highest BCUT2D eigenvalue weighted by molar-refractivity contribution is 5.74. The van der Waals surface area contributed by atoms with Gasteiger partial charge in [0.2, 0.25) is 0 Å². The summed E-state index contributed by atoms with van der Waals surface area (Å²) >= 11 is 0. The van der Waals surface area contributed by atoms with Gasteiger partial charge >= 0.3 is 6.03 Å². The van der Waals surface area contributed by atoms with Crippen molar-refractivity contribution in [2.45, 2.75) is 37.8 Å². The molecular formula is C20H28FN3O2. The molecule has 0 saturated carbocycles. The molecule has 0 bridgehead atoms. The number of amides is 2. The number of carbonyl (C=O) groups excluding carboxylic acids is 1. The van der Waals surface area contributed by atoms with E-state index < -0.39 is 0 Å². The van der Waals surface area contributed by atoms with Crippen LogP contribution in [0.1, 0.15) is 31.2 Å². The van der Waals surface area contributed by atoms with Gasteiger partial charge in [0.1, 0.15) is 5.82 Å². The van der Waals surface area contributed by atoms with Crippen LogP contribution in [0.3, 0.4) is 0 Å². The second-order valence-electron chi connectivity index (χ2n) is 8.02. The lowest BCUT2D eigenvalue weighted by Crippen LogP contribution is -2.64. The lowest BCUT2D eigenvalue weighted by atomic mass is 9.82. The Bertz CT molecular complexity index is 632. The molecule has 26 heavy (non-hydrogen) atoms. The highest BCUT2D eigenvalue weighted by atomic mass is 19.1. The van der Waals surface area contributed by atoms with Crippen LogP contribution in [0.15, 0.2) is 24.3 Å². The van der Waals surface area contributed by atoms with Crippen molar-refractivity contribution in [1.29, 1.82) is 0 Å². The summed E-state index contributed by atoms with van der Waals surface area (Å²) in [6.07, 6.45) is 4.33. The number of hydrogen-bond acceptors (Lipinski definition) is 3. The molecule has 3 aliphatic rings. The molecule has 1 aromatic rings. The van der Waals surface area contributed by atoms with Gasteiger partial charge in [-0.1, -0.05) is 18.2 Å². The van der Waals surface area contributed by atoms with Crippen LogP contribution in [0, 0.1) is 11.7 Å². The van der Waals surface area contributed by atoms with Crippen molar-refractivity contribution >= 4 is 6.03 Å². The number of carbonyl (C=O) groups is 1. The zero-order valence-corrected chi connectivity index (χ0v) is 15.3. The second kappa shape index (κ2) is 7.53. The lowest BCUT2D eigenvalue weighted by Gasteiger charge is -2.53. The highest BCUT2D eigenvalue weighted by Gasteiger charge is 2.46. The Kier molecular flexibility index (Phi) is 5.14. The fraction of sp³-hybridized carbons (Fsp3) is 0.650. The summed E-state index contributed by atoms with van der Waals surface area (Å²) in [7, 11) is 0. The summed E-state index contributed by atoms with van der Waals surface area (Å²) in [5.74, 6) is 0.264. The van der Waals surface area contributed by atoms with Crippen LogP contribution in [-0.4, -0.2) is 60.8 Å².